The Bertz CT molecular complexity index is 338. The third-order valence-corrected chi connectivity index (χ3v) is 2.38. The SMILES string of the molecule is CC(O)c1ccc(N(C)CCC#N)cc1. The average molecular weight is 204 g/mol. The molecule has 1 unspecified atom stereocenters. The van der Waals surface area contributed by atoms with Gasteiger partial charge < -0.3 is 10.0 Å². The van der Waals surface area contributed by atoms with Crippen LogP contribution < -0.4 is 4.90 Å². The van der Waals surface area contributed by atoms with Crippen LogP contribution in [-0.4, -0.2) is 18.7 Å². The van der Waals surface area contributed by atoms with Crippen molar-refractivity contribution in [3.8, 4) is 6.07 Å². The summed E-state index contributed by atoms with van der Waals surface area (Å²) in [5, 5.41) is 17.8. The van der Waals surface area contributed by atoms with Gasteiger partial charge in [-0.1, -0.05) is 12.1 Å². The van der Waals surface area contributed by atoms with Gasteiger partial charge in [-0.2, -0.15) is 5.26 Å². The highest BCUT2D eigenvalue weighted by Gasteiger charge is 2.02. The van der Waals surface area contributed by atoms with Crippen molar-refractivity contribution in [1.82, 2.24) is 0 Å². The lowest BCUT2D eigenvalue weighted by atomic mass is 10.1. The van der Waals surface area contributed by atoms with Gasteiger partial charge in [0.1, 0.15) is 0 Å². The molecule has 3 heteroatoms. The molecule has 0 bridgehead atoms. The van der Waals surface area contributed by atoms with E-state index in [4.69, 9.17) is 5.26 Å². The number of anilines is 1. The van der Waals surface area contributed by atoms with Gasteiger partial charge in [-0.05, 0) is 24.6 Å². The normalized spacial score (nSPS) is 11.9. The molecule has 0 aliphatic heterocycles. The molecule has 0 aliphatic carbocycles. The minimum atomic E-state index is -0.427. The molecule has 0 spiro atoms. The third kappa shape index (κ3) is 3.26. The van der Waals surface area contributed by atoms with Gasteiger partial charge in [-0.25, -0.2) is 0 Å². The lowest BCUT2D eigenvalue weighted by Gasteiger charge is -2.18. The van der Waals surface area contributed by atoms with Crippen LogP contribution in [0.5, 0.6) is 0 Å². The molecule has 0 heterocycles. The Hall–Kier alpha value is -1.53. The molecule has 1 aromatic carbocycles. The first-order chi connectivity index (χ1) is 7.15. The van der Waals surface area contributed by atoms with Crippen LogP contribution in [0, 0.1) is 11.3 Å². The van der Waals surface area contributed by atoms with Crippen molar-refractivity contribution >= 4 is 5.69 Å². The molecule has 80 valence electrons. The Labute approximate surface area is 90.6 Å². The molecule has 15 heavy (non-hydrogen) atoms. The zero-order valence-corrected chi connectivity index (χ0v) is 9.14. The molecule has 1 atom stereocenters. The fourth-order valence-corrected chi connectivity index (χ4v) is 1.35. The van der Waals surface area contributed by atoms with Gasteiger partial charge >= 0.3 is 0 Å². The van der Waals surface area contributed by atoms with E-state index in [2.05, 4.69) is 6.07 Å². The standard InChI is InChI=1S/C12H16N2O/c1-10(15)11-4-6-12(7-5-11)14(2)9-3-8-13/h4-7,10,15H,3,9H2,1-2H3. The second-order valence-electron chi connectivity index (χ2n) is 3.60. The van der Waals surface area contributed by atoms with Gasteiger partial charge in [0.25, 0.3) is 0 Å². The molecular formula is C12H16N2O. The quantitative estimate of drug-likeness (QED) is 0.817. The highest BCUT2D eigenvalue weighted by atomic mass is 16.3. The first-order valence-corrected chi connectivity index (χ1v) is 5.01. The van der Waals surface area contributed by atoms with Crippen LogP contribution in [0.3, 0.4) is 0 Å². The van der Waals surface area contributed by atoms with E-state index < -0.39 is 6.10 Å². The average Bonchev–Trinajstić information content (AvgIpc) is 2.26. The number of nitrogens with zero attached hydrogens (tertiary/aromatic N) is 2. The molecule has 0 amide bonds. The third-order valence-electron chi connectivity index (χ3n) is 2.38. The van der Waals surface area contributed by atoms with E-state index in [1.807, 2.05) is 36.2 Å². The maximum Gasteiger partial charge on any atom is 0.0761 e. The van der Waals surface area contributed by atoms with Gasteiger partial charge in [0.05, 0.1) is 18.6 Å². The second-order valence-corrected chi connectivity index (χ2v) is 3.60. The van der Waals surface area contributed by atoms with Gasteiger partial charge in [-0.3, -0.25) is 0 Å². The van der Waals surface area contributed by atoms with Crippen molar-refractivity contribution in [1.29, 1.82) is 5.26 Å². The summed E-state index contributed by atoms with van der Waals surface area (Å²) in [5.41, 5.74) is 1.97. The number of benzene rings is 1. The van der Waals surface area contributed by atoms with E-state index in [1.165, 1.54) is 0 Å². The summed E-state index contributed by atoms with van der Waals surface area (Å²) in [4.78, 5) is 2.02. The molecule has 0 saturated carbocycles. The van der Waals surface area contributed by atoms with Crippen molar-refractivity contribution in [2.45, 2.75) is 19.4 Å². The molecule has 1 aromatic rings. The van der Waals surface area contributed by atoms with Crippen LogP contribution in [0.1, 0.15) is 25.0 Å². The number of hydrogen-bond acceptors (Lipinski definition) is 3. The molecule has 0 saturated heterocycles. The van der Waals surface area contributed by atoms with Crippen LogP contribution in [0.15, 0.2) is 24.3 Å². The number of aliphatic hydroxyl groups excluding tert-OH is 1. The van der Waals surface area contributed by atoms with Gasteiger partial charge in [-0.15, -0.1) is 0 Å². The molecular weight excluding hydrogens is 188 g/mol. The molecule has 1 rings (SSSR count). The number of nitriles is 1. The molecule has 0 fully saturated rings. The minimum Gasteiger partial charge on any atom is -0.389 e. The van der Waals surface area contributed by atoms with E-state index in [-0.39, 0.29) is 0 Å². The summed E-state index contributed by atoms with van der Waals surface area (Å²) in [6.45, 7) is 2.47. The Morgan fingerprint density at radius 1 is 1.40 bits per heavy atom. The van der Waals surface area contributed by atoms with E-state index in [1.54, 1.807) is 6.92 Å². The summed E-state index contributed by atoms with van der Waals surface area (Å²) in [5.74, 6) is 0. The Morgan fingerprint density at radius 3 is 2.47 bits per heavy atom. The largest absolute Gasteiger partial charge is 0.389 e. The van der Waals surface area contributed by atoms with Crippen LogP contribution >= 0.6 is 0 Å². The van der Waals surface area contributed by atoms with Crippen LogP contribution in [0.2, 0.25) is 0 Å². The Morgan fingerprint density at radius 2 is 2.00 bits per heavy atom. The minimum absolute atomic E-state index is 0.427. The maximum atomic E-state index is 9.34. The van der Waals surface area contributed by atoms with Crippen molar-refractivity contribution in [2.24, 2.45) is 0 Å². The highest BCUT2D eigenvalue weighted by Crippen LogP contribution is 2.18. The Kier molecular flexibility index (Phi) is 4.14. The highest BCUT2D eigenvalue weighted by molar-refractivity contribution is 5.47. The smallest absolute Gasteiger partial charge is 0.0761 e. The van der Waals surface area contributed by atoms with Crippen molar-refractivity contribution in [3.05, 3.63) is 29.8 Å². The van der Waals surface area contributed by atoms with Gasteiger partial charge in [0, 0.05) is 19.3 Å². The summed E-state index contributed by atoms with van der Waals surface area (Å²) in [7, 11) is 1.95. The van der Waals surface area contributed by atoms with E-state index >= 15 is 0 Å². The van der Waals surface area contributed by atoms with Crippen LogP contribution in [0.4, 0.5) is 5.69 Å². The van der Waals surface area contributed by atoms with Gasteiger partial charge in [0.15, 0.2) is 0 Å². The summed E-state index contributed by atoms with van der Waals surface area (Å²) < 4.78 is 0. The molecule has 0 aliphatic rings. The van der Waals surface area contributed by atoms with E-state index in [0.29, 0.717) is 6.42 Å². The number of aliphatic hydroxyl groups is 1. The molecule has 3 nitrogen and oxygen atoms in total. The number of rotatable bonds is 4. The fourth-order valence-electron chi connectivity index (χ4n) is 1.35. The van der Waals surface area contributed by atoms with Crippen molar-refractivity contribution in [2.75, 3.05) is 18.5 Å². The molecule has 1 N–H and O–H groups in total. The topological polar surface area (TPSA) is 47.3 Å². The first-order valence-electron chi connectivity index (χ1n) is 5.01. The second kappa shape index (κ2) is 5.38. The van der Waals surface area contributed by atoms with Crippen LogP contribution in [0.25, 0.3) is 0 Å². The summed E-state index contributed by atoms with van der Waals surface area (Å²) in [6, 6.07) is 9.84. The van der Waals surface area contributed by atoms with E-state index in [0.717, 1.165) is 17.8 Å². The lowest BCUT2D eigenvalue weighted by Crippen LogP contribution is -2.17. The lowest BCUT2D eigenvalue weighted by molar-refractivity contribution is 0.199. The predicted molar refractivity (Wildman–Crippen MR) is 60.6 cm³/mol. The summed E-state index contributed by atoms with van der Waals surface area (Å²) >= 11 is 0. The van der Waals surface area contributed by atoms with Crippen molar-refractivity contribution in [3.63, 3.8) is 0 Å². The molecule has 0 radical (unpaired) electrons. The molecule has 0 aromatic heterocycles. The zero-order chi connectivity index (χ0) is 11.3. The Balaban J connectivity index is 2.67. The summed E-state index contributed by atoms with van der Waals surface area (Å²) in [6.07, 6.45) is 0.0951. The monoisotopic (exact) mass is 204 g/mol. The van der Waals surface area contributed by atoms with E-state index in [9.17, 15) is 5.11 Å². The maximum absolute atomic E-state index is 9.34. The fraction of sp³-hybridized carbons (Fsp3) is 0.417. The zero-order valence-electron chi connectivity index (χ0n) is 9.14. The predicted octanol–water partition coefficient (Wildman–Crippen LogP) is 2.09. The first kappa shape index (κ1) is 11.5. The van der Waals surface area contributed by atoms with Gasteiger partial charge in [0.2, 0.25) is 0 Å². The number of hydrogen-bond donors (Lipinski definition) is 1. The van der Waals surface area contributed by atoms with Crippen LogP contribution in [-0.2, 0) is 0 Å². The van der Waals surface area contributed by atoms with Crippen molar-refractivity contribution < 1.29 is 5.11 Å².